The van der Waals surface area contributed by atoms with E-state index in [0.717, 1.165) is 19.3 Å². The van der Waals surface area contributed by atoms with Gasteiger partial charge in [-0.25, -0.2) is 0 Å². The zero-order valence-electron chi connectivity index (χ0n) is 8.41. The number of unbranched alkanes of at least 4 members (excludes halogenated alkanes) is 1. The first-order chi connectivity index (χ1) is 6.35. The molecule has 0 saturated heterocycles. The maximum absolute atomic E-state index is 10.4. The van der Waals surface area contributed by atoms with E-state index in [1.54, 1.807) is 6.08 Å². The number of ether oxygens (including phenoxy) is 2. The van der Waals surface area contributed by atoms with Gasteiger partial charge in [-0.15, -0.1) is 0 Å². The zero-order chi connectivity index (χ0) is 9.94. The topological polar surface area (TPSA) is 35.5 Å². The lowest BCUT2D eigenvalue weighted by Gasteiger charge is -2.05. The van der Waals surface area contributed by atoms with Crippen LogP contribution in [-0.4, -0.2) is 19.7 Å². The summed E-state index contributed by atoms with van der Waals surface area (Å²) >= 11 is 0. The fourth-order valence-corrected chi connectivity index (χ4v) is 0.757. The number of carbonyl (C=O) groups is 1. The summed E-state index contributed by atoms with van der Waals surface area (Å²) in [5, 5.41) is 0. The third kappa shape index (κ3) is 7.53. The third-order valence-corrected chi connectivity index (χ3v) is 1.47. The minimum absolute atomic E-state index is 0.171. The molecule has 3 heteroatoms. The van der Waals surface area contributed by atoms with Crippen LogP contribution in [0.1, 0.15) is 33.1 Å². The van der Waals surface area contributed by atoms with Gasteiger partial charge in [0.05, 0.1) is 6.61 Å². The van der Waals surface area contributed by atoms with Crippen LogP contribution >= 0.6 is 0 Å². The molecule has 0 aliphatic heterocycles. The van der Waals surface area contributed by atoms with Crippen molar-refractivity contribution < 1.29 is 14.3 Å². The van der Waals surface area contributed by atoms with Crippen LogP contribution in [0.25, 0.3) is 0 Å². The maximum atomic E-state index is 10.4. The van der Waals surface area contributed by atoms with Crippen LogP contribution in [0, 0.1) is 0 Å². The van der Waals surface area contributed by atoms with Gasteiger partial charge in [-0.1, -0.05) is 20.3 Å². The quantitative estimate of drug-likeness (QED) is 0.192. The van der Waals surface area contributed by atoms with E-state index in [1.165, 1.54) is 0 Å². The molecule has 0 aliphatic rings. The van der Waals surface area contributed by atoms with E-state index in [0.29, 0.717) is 18.7 Å². The molecule has 0 saturated carbocycles. The van der Waals surface area contributed by atoms with Gasteiger partial charge in [-0.3, -0.25) is 4.79 Å². The molecular weight excluding hydrogens is 168 g/mol. The Morgan fingerprint density at radius 2 is 2.15 bits per heavy atom. The van der Waals surface area contributed by atoms with Crippen LogP contribution < -0.4 is 0 Å². The molecule has 0 N–H and O–H groups in total. The van der Waals surface area contributed by atoms with Crippen LogP contribution in [0.2, 0.25) is 0 Å². The fraction of sp³-hybridized carbons (Fsp3) is 0.700. The number of rotatable bonds is 8. The highest BCUT2D eigenvalue weighted by atomic mass is 16.7. The van der Waals surface area contributed by atoms with E-state index in [2.05, 4.69) is 6.92 Å². The molecule has 0 aromatic carbocycles. The zero-order valence-corrected chi connectivity index (χ0v) is 8.41. The third-order valence-electron chi connectivity index (χ3n) is 1.47. The predicted octanol–water partition coefficient (Wildman–Crippen LogP) is 2.27. The molecule has 0 rings (SSSR count). The van der Waals surface area contributed by atoms with E-state index < -0.39 is 0 Å². The Labute approximate surface area is 79.7 Å². The molecule has 0 fully saturated rings. The van der Waals surface area contributed by atoms with Gasteiger partial charge in [0.2, 0.25) is 0 Å². The minimum atomic E-state index is 0.171. The van der Waals surface area contributed by atoms with Crippen molar-refractivity contribution in [2.24, 2.45) is 0 Å². The summed E-state index contributed by atoms with van der Waals surface area (Å²) in [5.74, 6) is 0.360. The molecule has 0 atom stereocenters. The lowest BCUT2D eigenvalue weighted by Crippen LogP contribution is -2.02. The smallest absolute Gasteiger partial charge is 0.189 e. The molecule has 0 aliphatic carbocycles. The van der Waals surface area contributed by atoms with E-state index in [1.807, 2.05) is 6.92 Å². The molecule has 0 spiro atoms. The highest BCUT2D eigenvalue weighted by Gasteiger charge is 1.93. The van der Waals surface area contributed by atoms with Crippen molar-refractivity contribution in [1.29, 1.82) is 0 Å². The number of hydrogen-bond donors (Lipinski definition) is 0. The maximum Gasteiger partial charge on any atom is 0.189 e. The van der Waals surface area contributed by atoms with Gasteiger partial charge < -0.3 is 9.47 Å². The highest BCUT2D eigenvalue weighted by Crippen LogP contribution is 1.96. The van der Waals surface area contributed by atoms with Crippen molar-refractivity contribution in [3.63, 3.8) is 0 Å². The minimum Gasteiger partial charge on any atom is -0.464 e. The van der Waals surface area contributed by atoms with Crippen molar-refractivity contribution in [2.75, 3.05) is 13.4 Å². The average molecular weight is 186 g/mol. The van der Waals surface area contributed by atoms with Gasteiger partial charge in [-0.05, 0) is 18.9 Å². The highest BCUT2D eigenvalue weighted by molar-refractivity contribution is 5.69. The lowest BCUT2D eigenvalue weighted by atomic mass is 10.4. The van der Waals surface area contributed by atoms with E-state index in [-0.39, 0.29) is 6.79 Å². The van der Waals surface area contributed by atoms with Gasteiger partial charge in [-0.2, -0.15) is 0 Å². The molecule has 0 heterocycles. The van der Waals surface area contributed by atoms with Crippen LogP contribution in [0.5, 0.6) is 0 Å². The van der Waals surface area contributed by atoms with Crippen molar-refractivity contribution in [3.8, 4) is 0 Å². The molecule has 0 aromatic heterocycles. The molecular formula is C10H18O3. The molecule has 0 bridgehead atoms. The average Bonchev–Trinajstić information content (AvgIpc) is 2.16. The summed E-state index contributed by atoms with van der Waals surface area (Å²) < 4.78 is 10.2. The van der Waals surface area contributed by atoms with E-state index in [4.69, 9.17) is 9.47 Å². The first kappa shape index (κ1) is 12.2. The van der Waals surface area contributed by atoms with E-state index >= 15 is 0 Å². The molecule has 0 amide bonds. The Morgan fingerprint density at radius 1 is 1.38 bits per heavy atom. The molecule has 13 heavy (non-hydrogen) atoms. The summed E-state index contributed by atoms with van der Waals surface area (Å²) in [6.45, 7) is 4.90. The summed E-state index contributed by atoms with van der Waals surface area (Å²) in [4.78, 5) is 10.4. The fourth-order valence-electron chi connectivity index (χ4n) is 0.757. The normalized spacial score (nSPS) is 11.4. The van der Waals surface area contributed by atoms with Crippen LogP contribution in [0.3, 0.4) is 0 Å². The second-order valence-corrected chi connectivity index (χ2v) is 2.66. The summed E-state index contributed by atoms with van der Waals surface area (Å²) in [6.07, 6.45) is 5.36. The number of hydrogen-bond acceptors (Lipinski definition) is 3. The van der Waals surface area contributed by atoms with Crippen molar-refractivity contribution in [3.05, 3.63) is 11.8 Å². The molecule has 0 aromatic rings. The van der Waals surface area contributed by atoms with Gasteiger partial charge >= 0.3 is 0 Å². The Kier molecular flexibility index (Phi) is 8.67. The first-order valence-electron chi connectivity index (χ1n) is 4.71. The second-order valence-electron chi connectivity index (χ2n) is 2.66. The van der Waals surface area contributed by atoms with Gasteiger partial charge in [0.25, 0.3) is 0 Å². The number of carbonyl (C=O) groups excluding carboxylic acids is 1. The van der Waals surface area contributed by atoms with Crippen molar-refractivity contribution >= 4 is 6.29 Å². The summed E-state index contributed by atoms with van der Waals surface area (Å²) in [6, 6.07) is 0. The van der Waals surface area contributed by atoms with Crippen molar-refractivity contribution in [2.45, 2.75) is 33.1 Å². The van der Waals surface area contributed by atoms with Gasteiger partial charge in [0.1, 0.15) is 0 Å². The molecule has 0 radical (unpaired) electrons. The molecule has 3 nitrogen and oxygen atoms in total. The molecule has 76 valence electrons. The predicted molar refractivity (Wildman–Crippen MR) is 51.3 cm³/mol. The Morgan fingerprint density at radius 3 is 2.69 bits per heavy atom. The van der Waals surface area contributed by atoms with Gasteiger partial charge in [0.15, 0.2) is 18.8 Å². The Balaban J connectivity index is 3.39. The largest absolute Gasteiger partial charge is 0.464 e. The lowest BCUT2D eigenvalue weighted by molar-refractivity contribution is -0.111. The SMILES string of the molecule is CCC=C(C=O)OCOCCCC. The van der Waals surface area contributed by atoms with Crippen molar-refractivity contribution in [1.82, 2.24) is 0 Å². The van der Waals surface area contributed by atoms with Crippen LogP contribution in [-0.2, 0) is 14.3 Å². The van der Waals surface area contributed by atoms with E-state index in [9.17, 15) is 4.79 Å². The van der Waals surface area contributed by atoms with Crippen LogP contribution in [0.15, 0.2) is 11.8 Å². The number of allylic oxidation sites excluding steroid dienone is 2. The summed E-state index contributed by atoms with van der Waals surface area (Å²) in [7, 11) is 0. The monoisotopic (exact) mass is 186 g/mol. The summed E-state index contributed by atoms with van der Waals surface area (Å²) in [5.41, 5.74) is 0. The Hall–Kier alpha value is -0.830. The second kappa shape index (κ2) is 9.26. The standard InChI is InChI=1S/C10H18O3/c1-3-5-7-12-9-13-10(8-11)6-4-2/h6,8H,3-5,7,9H2,1-2H3. The molecule has 0 unspecified atom stereocenters. The van der Waals surface area contributed by atoms with Crippen LogP contribution in [0.4, 0.5) is 0 Å². The van der Waals surface area contributed by atoms with Gasteiger partial charge in [0, 0.05) is 0 Å². The Bertz CT molecular complexity index is 152. The first-order valence-corrected chi connectivity index (χ1v) is 4.71. The number of aldehydes is 1.